The maximum atomic E-state index is 13.1. The van der Waals surface area contributed by atoms with Gasteiger partial charge in [-0.05, 0) is 43.7 Å². The summed E-state index contributed by atoms with van der Waals surface area (Å²) in [4.78, 5) is 16.0. The molecule has 1 aromatic heterocycles. The minimum atomic E-state index is -0.930. The minimum absolute atomic E-state index is 0.310. The van der Waals surface area contributed by atoms with Gasteiger partial charge in [-0.25, -0.2) is 8.78 Å². The van der Waals surface area contributed by atoms with Crippen LogP contribution in [0.25, 0.3) is 0 Å². The van der Waals surface area contributed by atoms with E-state index in [1.54, 1.807) is 19.1 Å². The minimum Gasteiger partial charge on any atom is -0.345 e. The van der Waals surface area contributed by atoms with Crippen LogP contribution in [0, 0.1) is 18.6 Å². The van der Waals surface area contributed by atoms with Crippen LogP contribution in [0.4, 0.5) is 8.78 Å². The van der Waals surface area contributed by atoms with Crippen LogP contribution in [0.2, 0.25) is 0 Å². The molecular weight excluding hydrogens is 262 g/mol. The Hall–Kier alpha value is -2.30. The predicted octanol–water partition coefficient (Wildman–Crippen LogP) is 3.16. The van der Waals surface area contributed by atoms with Crippen LogP contribution in [-0.2, 0) is 0 Å². The summed E-state index contributed by atoms with van der Waals surface area (Å²) in [6.07, 6.45) is 1.47. The molecule has 1 aromatic carbocycles. The first-order valence-electron chi connectivity index (χ1n) is 6.16. The Morgan fingerprint density at radius 3 is 2.55 bits per heavy atom. The monoisotopic (exact) mass is 276 g/mol. The lowest BCUT2D eigenvalue weighted by Crippen LogP contribution is -2.26. The summed E-state index contributed by atoms with van der Waals surface area (Å²) in [6.45, 7) is 3.53. The van der Waals surface area contributed by atoms with Gasteiger partial charge in [0.1, 0.15) is 0 Å². The van der Waals surface area contributed by atoms with Gasteiger partial charge in [0.2, 0.25) is 0 Å². The van der Waals surface area contributed by atoms with Gasteiger partial charge in [-0.1, -0.05) is 6.07 Å². The molecule has 104 valence electrons. The Kier molecular flexibility index (Phi) is 4.08. The second-order valence-corrected chi connectivity index (χ2v) is 4.56. The molecule has 5 heteroatoms. The molecule has 1 heterocycles. The number of nitrogens with zero attached hydrogens (tertiary/aromatic N) is 1. The first kappa shape index (κ1) is 14.1. The highest BCUT2D eigenvalue weighted by Crippen LogP contribution is 2.16. The summed E-state index contributed by atoms with van der Waals surface area (Å²) in [5, 5.41) is 2.71. The summed E-state index contributed by atoms with van der Waals surface area (Å²) in [5.74, 6) is -2.15. The maximum Gasteiger partial charge on any atom is 0.253 e. The fourth-order valence-corrected chi connectivity index (χ4v) is 1.75. The molecule has 1 unspecified atom stereocenters. The second kappa shape index (κ2) is 5.77. The molecule has 0 fully saturated rings. The molecular formula is C15H14F2N2O. The highest BCUT2D eigenvalue weighted by atomic mass is 19.2. The highest BCUT2D eigenvalue weighted by Gasteiger charge is 2.13. The number of benzene rings is 1. The largest absolute Gasteiger partial charge is 0.345 e. The van der Waals surface area contributed by atoms with Crippen LogP contribution in [0.3, 0.4) is 0 Å². The molecule has 1 N–H and O–H groups in total. The predicted molar refractivity (Wildman–Crippen MR) is 71.2 cm³/mol. The molecule has 2 aromatic rings. The highest BCUT2D eigenvalue weighted by molar-refractivity contribution is 5.94. The molecule has 0 bridgehead atoms. The first-order chi connectivity index (χ1) is 9.47. The Morgan fingerprint density at radius 2 is 1.95 bits per heavy atom. The van der Waals surface area contributed by atoms with Crippen molar-refractivity contribution in [3.05, 3.63) is 65.0 Å². The van der Waals surface area contributed by atoms with Gasteiger partial charge in [-0.3, -0.25) is 9.78 Å². The van der Waals surface area contributed by atoms with E-state index in [-0.39, 0.29) is 5.91 Å². The molecule has 0 radical (unpaired) electrons. The van der Waals surface area contributed by atoms with Crippen molar-refractivity contribution >= 4 is 5.91 Å². The van der Waals surface area contributed by atoms with Gasteiger partial charge in [0, 0.05) is 11.9 Å². The van der Waals surface area contributed by atoms with E-state index in [4.69, 9.17) is 0 Å². The van der Waals surface area contributed by atoms with Gasteiger partial charge in [0.15, 0.2) is 11.6 Å². The van der Waals surface area contributed by atoms with Crippen LogP contribution in [0.5, 0.6) is 0 Å². The number of aryl methyl sites for hydroxylation is 1. The standard InChI is InChI=1S/C15H14F2N2O/c1-9-3-4-12(8-18-9)15(20)19-10(2)11-5-6-13(16)14(17)7-11/h3-8,10H,1-2H3,(H,19,20). The SMILES string of the molecule is Cc1ccc(C(=O)NC(C)c2ccc(F)c(F)c2)cn1. The topological polar surface area (TPSA) is 42.0 Å². The third-order valence-electron chi connectivity index (χ3n) is 2.96. The number of aromatic nitrogens is 1. The van der Waals surface area contributed by atoms with Crippen LogP contribution in [0.1, 0.15) is 34.6 Å². The number of amides is 1. The molecule has 0 aliphatic rings. The Balaban J connectivity index is 2.10. The van der Waals surface area contributed by atoms with Gasteiger partial charge in [-0.2, -0.15) is 0 Å². The molecule has 0 aliphatic heterocycles. The molecule has 1 amide bonds. The molecule has 3 nitrogen and oxygen atoms in total. The quantitative estimate of drug-likeness (QED) is 0.935. The molecule has 0 saturated heterocycles. The molecule has 0 spiro atoms. The lowest BCUT2D eigenvalue weighted by atomic mass is 10.1. The molecule has 20 heavy (non-hydrogen) atoms. The van der Waals surface area contributed by atoms with Gasteiger partial charge in [0.25, 0.3) is 5.91 Å². The summed E-state index contributed by atoms with van der Waals surface area (Å²) >= 11 is 0. The fourth-order valence-electron chi connectivity index (χ4n) is 1.75. The van der Waals surface area contributed by atoms with Crippen LogP contribution >= 0.6 is 0 Å². The number of nitrogens with one attached hydrogen (secondary N) is 1. The number of pyridine rings is 1. The second-order valence-electron chi connectivity index (χ2n) is 4.56. The lowest BCUT2D eigenvalue weighted by molar-refractivity contribution is 0.0939. The van der Waals surface area contributed by atoms with E-state index in [0.29, 0.717) is 11.1 Å². The van der Waals surface area contributed by atoms with Crippen molar-refractivity contribution in [2.45, 2.75) is 19.9 Å². The van der Waals surface area contributed by atoms with Gasteiger partial charge in [-0.15, -0.1) is 0 Å². The number of hydrogen-bond acceptors (Lipinski definition) is 2. The third-order valence-corrected chi connectivity index (χ3v) is 2.96. The van der Waals surface area contributed by atoms with Crippen molar-refractivity contribution in [2.75, 3.05) is 0 Å². The summed E-state index contributed by atoms with van der Waals surface area (Å²) in [6, 6.07) is 6.52. The van der Waals surface area contributed by atoms with Crippen molar-refractivity contribution in [2.24, 2.45) is 0 Å². The van der Waals surface area contributed by atoms with Crippen molar-refractivity contribution in [3.8, 4) is 0 Å². The lowest BCUT2D eigenvalue weighted by Gasteiger charge is -2.14. The van der Waals surface area contributed by atoms with E-state index in [9.17, 15) is 13.6 Å². The van der Waals surface area contributed by atoms with Crippen molar-refractivity contribution in [1.82, 2.24) is 10.3 Å². The zero-order valence-corrected chi connectivity index (χ0v) is 11.2. The van der Waals surface area contributed by atoms with Crippen LogP contribution in [0.15, 0.2) is 36.5 Å². The third kappa shape index (κ3) is 3.17. The summed E-state index contributed by atoms with van der Waals surface area (Å²) in [5.41, 5.74) is 1.73. The van der Waals surface area contributed by atoms with Crippen LogP contribution in [-0.4, -0.2) is 10.9 Å². The smallest absolute Gasteiger partial charge is 0.253 e. The van der Waals surface area contributed by atoms with Gasteiger partial charge >= 0.3 is 0 Å². The van der Waals surface area contributed by atoms with Crippen molar-refractivity contribution in [3.63, 3.8) is 0 Å². The fraction of sp³-hybridized carbons (Fsp3) is 0.200. The number of rotatable bonds is 3. The molecule has 0 aliphatic carbocycles. The van der Waals surface area contributed by atoms with E-state index < -0.39 is 17.7 Å². The van der Waals surface area contributed by atoms with E-state index in [2.05, 4.69) is 10.3 Å². The van der Waals surface area contributed by atoms with E-state index in [1.807, 2.05) is 6.92 Å². The average molecular weight is 276 g/mol. The molecule has 1 atom stereocenters. The molecule has 2 rings (SSSR count). The number of carbonyl (C=O) groups is 1. The Bertz CT molecular complexity index is 626. The average Bonchev–Trinajstić information content (AvgIpc) is 2.42. The van der Waals surface area contributed by atoms with Gasteiger partial charge < -0.3 is 5.32 Å². The first-order valence-corrected chi connectivity index (χ1v) is 6.16. The number of halogens is 2. The van der Waals surface area contributed by atoms with Crippen LogP contribution < -0.4 is 5.32 Å². The summed E-state index contributed by atoms with van der Waals surface area (Å²) < 4.78 is 26.0. The zero-order chi connectivity index (χ0) is 14.7. The Morgan fingerprint density at radius 1 is 1.20 bits per heavy atom. The number of carbonyl (C=O) groups excluding carboxylic acids is 1. The summed E-state index contributed by atoms with van der Waals surface area (Å²) in [7, 11) is 0. The normalized spacial score (nSPS) is 12.0. The van der Waals surface area contributed by atoms with E-state index in [0.717, 1.165) is 17.8 Å². The Labute approximate surface area is 115 Å². The zero-order valence-electron chi connectivity index (χ0n) is 11.2. The van der Waals surface area contributed by atoms with Gasteiger partial charge in [0.05, 0.1) is 11.6 Å². The van der Waals surface area contributed by atoms with E-state index in [1.165, 1.54) is 12.3 Å². The van der Waals surface area contributed by atoms with Crippen molar-refractivity contribution in [1.29, 1.82) is 0 Å². The maximum absolute atomic E-state index is 13.1. The van der Waals surface area contributed by atoms with E-state index >= 15 is 0 Å². The number of hydrogen-bond donors (Lipinski definition) is 1. The molecule has 0 saturated carbocycles. The van der Waals surface area contributed by atoms with Crippen molar-refractivity contribution < 1.29 is 13.6 Å².